The van der Waals surface area contributed by atoms with E-state index >= 15 is 0 Å². The van der Waals surface area contributed by atoms with Crippen LogP contribution in [0.5, 0.6) is 0 Å². The highest BCUT2D eigenvalue weighted by atomic mass is 79.9. The Bertz CT molecular complexity index is 919. The van der Waals surface area contributed by atoms with Crippen LogP contribution < -0.4 is 5.73 Å². The van der Waals surface area contributed by atoms with Gasteiger partial charge in [0.15, 0.2) is 0 Å². The number of carbonyl (C=O) groups excluding carboxylic acids is 3. The van der Waals surface area contributed by atoms with E-state index in [9.17, 15) is 14.4 Å². The van der Waals surface area contributed by atoms with E-state index in [-0.39, 0.29) is 4.91 Å². The Morgan fingerprint density at radius 1 is 1.32 bits per heavy atom. The van der Waals surface area contributed by atoms with Crippen LogP contribution >= 0.6 is 27.7 Å². The number of imide groups is 1. The molecule has 1 saturated heterocycles. The number of benzene rings is 1. The van der Waals surface area contributed by atoms with Crippen LogP contribution in [0.2, 0.25) is 0 Å². The molecule has 3 amide bonds. The van der Waals surface area contributed by atoms with Gasteiger partial charge in [-0.25, -0.2) is 0 Å². The van der Waals surface area contributed by atoms with Crippen LogP contribution in [-0.4, -0.2) is 28.5 Å². The first-order chi connectivity index (χ1) is 11.8. The van der Waals surface area contributed by atoms with E-state index in [4.69, 9.17) is 10.2 Å². The lowest BCUT2D eigenvalue weighted by Crippen LogP contribution is -2.36. The highest BCUT2D eigenvalue weighted by Gasteiger charge is 2.36. The maximum atomic E-state index is 12.2. The fourth-order valence-electron chi connectivity index (χ4n) is 2.32. The molecule has 0 bridgehead atoms. The van der Waals surface area contributed by atoms with E-state index in [2.05, 4.69) is 15.9 Å². The third-order valence-corrected chi connectivity index (χ3v) is 5.04. The summed E-state index contributed by atoms with van der Waals surface area (Å²) in [5.74, 6) is -0.224. The molecule has 1 aliphatic heterocycles. The van der Waals surface area contributed by atoms with E-state index in [1.165, 1.54) is 6.08 Å². The summed E-state index contributed by atoms with van der Waals surface area (Å²) in [6.07, 6.45) is 1.48. The molecule has 0 unspecified atom stereocenters. The quantitative estimate of drug-likeness (QED) is 0.763. The fraction of sp³-hybridized carbons (Fsp3) is 0.118. The Balaban J connectivity index is 1.86. The second-order valence-corrected chi connectivity index (χ2v) is 7.27. The van der Waals surface area contributed by atoms with Crippen molar-refractivity contribution >= 4 is 50.8 Å². The van der Waals surface area contributed by atoms with Crippen molar-refractivity contribution in [2.75, 3.05) is 6.54 Å². The minimum absolute atomic E-state index is 0.190. The lowest BCUT2D eigenvalue weighted by molar-refractivity contribution is -0.127. The molecule has 6 nitrogen and oxygen atoms in total. The Labute approximate surface area is 156 Å². The molecular weight excluding hydrogens is 408 g/mol. The molecule has 1 aromatic heterocycles. The number of aryl methyl sites for hydroxylation is 1. The molecule has 0 atom stereocenters. The fourth-order valence-corrected chi connectivity index (χ4v) is 3.82. The van der Waals surface area contributed by atoms with Crippen LogP contribution in [0.3, 0.4) is 0 Å². The summed E-state index contributed by atoms with van der Waals surface area (Å²) in [4.78, 5) is 36.0. The predicted octanol–water partition coefficient (Wildman–Crippen LogP) is 3.54. The summed E-state index contributed by atoms with van der Waals surface area (Å²) >= 11 is 4.25. The number of hydrogen-bond acceptors (Lipinski definition) is 5. The largest absolute Gasteiger partial charge is 0.457 e. The number of nitrogens with zero attached hydrogens (tertiary/aromatic N) is 1. The highest BCUT2D eigenvalue weighted by Crippen LogP contribution is 2.34. The summed E-state index contributed by atoms with van der Waals surface area (Å²) in [7, 11) is 0. The van der Waals surface area contributed by atoms with E-state index in [1.807, 2.05) is 25.1 Å². The topological polar surface area (TPSA) is 93.6 Å². The van der Waals surface area contributed by atoms with Crippen LogP contribution in [0.1, 0.15) is 11.3 Å². The minimum Gasteiger partial charge on any atom is -0.457 e. The van der Waals surface area contributed by atoms with Gasteiger partial charge in [-0.3, -0.25) is 19.3 Å². The Morgan fingerprint density at radius 2 is 2.08 bits per heavy atom. The molecule has 1 aliphatic rings. The molecule has 0 saturated carbocycles. The van der Waals surface area contributed by atoms with E-state index < -0.39 is 23.6 Å². The summed E-state index contributed by atoms with van der Waals surface area (Å²) in [5, 5.41) is -0.525. The lowest BCUT2D eigenvalue weighted by atomic mass is 10.1. The normalized spacial score (nSPS) is 16.1. The van der Waals surface area contributed by atoms with Crippen LogP contribution in [0.25, 0.3) is 17.4 Å². The number of halogens is 1. The Kier molecular flexibility index (Phi) is 4.82. The molecule has 8 heteroatoms. The molecule has 2 heterocycles. The van der Waals surface area contributed by atoms with Gasteiger partial charge < -0.3 is 10.2 Å². The van der Waals surface area contributed by atoms with Crippen molar-refractivity contribution < 1.29 is 18.8 Å². The summed E-state index contributed by atoms with van der Waals surface area (Å²) < 4.78 is 6.66. The lowest BCUT2D eigenvalue weighted by Gasteiger charge is -2.08. The summed E-state index contributed by atoms with van der Waals surface area (Å²) in [5.41, 5.74) is 7.05. The first-order valence-electron chi connectivity index (χ1n) is 7.25. The third kappa shape index (κ3) is 3.69. The second-order valence-electron chi connectivity index (χ2n) is 5.42. The van der Waals surface area contributed by atoms with Gasteiger partial charge in [-0.05, 0) is 48.5 Å². The maximum absolute atomic E-state index is 12.2. The van der Waals surface area contributed by atoms with Gasteiger partial charge in [0, 0.05) is 16.1 Å². The standard InChI is InChI=1S/C17H13BrN2O4S/c1-9-2-4-11(12(18)6-9)13-5-3-10(24-13)7-14-16(22)20(8-15(19)21)17(23)25-14/h2-7H,8H2,1H3,(H2,19,21)/b14-7-. The zero-order valence-electron chi connectivity index (χ0n) is 13.1. The zero-order valence-corrected chi connectivity index (χ0v) is 15.5. The first-order valence-corrected chi connectivity index (χ1v) is 8.86. The molecule has 2 aromatic rings. The SMILES string of the molecule is Cc1ccc(-c2ccc(/C=C3\SC(=O)N(CC(N)=O)C3=O)o2)c(Br)c1. The number of primary amides is 1. The number of nitrogens with two attached hydrogens (primary N) is 1. The molecule has 0 radical (unpaired) electrons. The molecule has 128 valence electrons. The van der Waals surface area contributed by atoms with Crippen LogP contribution in [0.15, 0.2) is 44.1 Å². The van der Waals surface area contributed by atoms with Crippen molar-refractivity contribution in [3.05, 3.63) is 51.0 Å². The van der Waals surface area contributed by atoms with Crippen molar-refractivity contribution in [2.45, 2.75) is 6.92 Å². The molecular formula is C17H13BrN2O4S. The first kappa shape index (κ1) is 17.5. The van der Waals surface area contributed by atoms with Crippen molar-refractivity contribution in [1.82, 2.24) is 4.90 Å². The van der Waals surface area contributed by atoms with Gasteiger partial charge >= 0.3 is 0 Å². The Hall–Kier alpha value is -2.32. The number of furan rings is 1. The summed E-state index contributed by atoms with van der Waals surface area (Å²) in [6.45, 7) is 1.56. The van der Waals surface area contributed by atoms with Gasteiger partial charge in [0.05, 0.1) is 4.91 Å². The zero-order chi connectivity index (χ0) is 18.1. The third-order valence-electron chi connectivity index (χ3n) is 3.48. The number of rotatable bonds is 4. The molecule has 0 spiro atoms. The van der Waals surface area contributed by atoms with Gasteiger partial charge in [0.1, 0.15) is 18.1 Å². The van der Waals surface area contributed by atoms with Crippen LogP contribution in [0.4, 0.5) is 4.79 Å². The minimum atomic E-state index is -0.743. The van der Waals surface area contributed by atoms with Gasteiger partial charge in [0.25, 0.3) is 11.1 Å². The van der Waals surface area contributed by atoms with E-state index in [1.54, 1.807) is 12.1 Å². The van der Waals surface area contributed by atoms with Crippen LogP contribution in [0, 0.1) is 6.92 Å². The predicted molar refractivity (Wildman–Crippen MR) is 98.5 cm³/mol. The molecule has 25 heavy (non-hydrogen) atoms. The Morgan fingerprint density at radius 3 is 2.76 bits per heavy atom. The van der Waals surface area contributed by atoms with Gasteiger partial charge in [-0.1, -0.05) is 22.0 Å². The van der Waals surface area contributed by atoms with E-state index in [0.29, 0.717) is 11.5 Å². The number of amides is 3. The van der Waals surface area contributed by atoms with Gasteiger partial charge in [-0.15, -0.1) is 0 Å². The second kappa shape index (κ2) is 6.89. The highest BCUT2D eigenvalue weighted by molar-refractivity contribution is 9.10. The van der Waals surface area contributed by atoms with Crippen molar-refractivity contribution in [3.63, 3.8) is 0 Å². The molecule has 0 aliphatic carbocycles. The smallest absolute Gasteiger partial charge is 0.294 e. The van der Waals surface area contributed by atoms with Gasteiger partial charge in [-0.2, -0.15) is 0 Å². The monoisotopic (exact) mass is 420 g/mol. The van der Waals surface area contributed by atoms with Crippen molar-refractivity contribution in [3.8, 4) is 11.3 Å². The van der Waals surface area contributed by atoms with Crippen molar-refractivity contribution in [1.29, 1.82) is 0 Å². The summed E-state index contributed by atoms with van der Waals surface area (Å²) in [6, 6.07) is 9.38. The average Bonchev–Trinajstić information content (AvgIpc) is 3.08. The average molecular weight is 421 g/mol. The van der Waals surface area contributed by atoms with Gasteiger partial charge in [0.2, 0.25) is 5.91 Å². The van der Waals surface area contributed by atoms with Crippen molar-refractivity contribution in [2.24, 2.45) is 5.73 Å². The number of hydrogen-bond donors (Lipinski definition) is 1. The maximum Gasteiger partial charge on any atom is 0.294 e. The number of carbonyl (C=O) groups is 3. The number of thioether (sulfide) groups is 1. The molecule has 1 aromatic carbocycles. The molecule has 3 rings (SSSR count). The van der Waals surface area contributed by atoms with Crippen LogP contribution in [-0.2, 0) is 9.59 Å². The molecule has 1 fully saturated rings. The van der Waals surface area contributed by atoms with E-state index in [0.717, 1.165) is 32.3 Å². The molecule has 2 N–H and O–H groups in total.